The number of para-hydroxylation sites is 1. The standard InChI is InChI=1S/C26H26N4O5/c1-4-6-19(15-18-10-13-20(14-11-18)29-17(2)9-12-21(29)16-27)25(31)28-24-22(26(32)35-3)7-5-8-23(24)30(33)34/h5,7-14,19H,4,6,15H2,1-3H3,(H,28,31). The molecule has 0 saturated carbocycles. The number of aryl methyl sites for hydroxylation is 1. The van der Waals surface area contributed by atoms with Gasteiger partial charge in [0.25, 0.3) is 5.69 Å². The monoisotopic (exact) mass is 474 g/mol. The summed E-state index contributed by atoms with van der Waals surface area (Å²) >= 11 is 0. The zero-order valence-electron chi connectivity index (χ0n) is 19.8. The van der Waals surface area contributed by atoms with Gasteiger partial charge in [-0.25, -0.2) is 4.79 Å². The van der Waals surface area contributed by atoms with Crippen LogP contribution in [0.1, 0.15) is 47.1 Å². The maximum Gasteiger partial charge on any atom is 0.340 e. The lowest BCUT2D eigenvalue weighted by atomic mass is 9.93. The normalized spacial score (nSPS) is 11.4. The average Bonchev–Trinajstić information content (AvgIpc) is 3.24. The molecule has 180 valence electrons. The summed E-state index contributed by atoms with van der Waals surface area (Å²) in [5.74, 6) is -1.66. The number of nitro benzene ring substituents is 1. The molecule has 0 aliphatic heterocycles. The third kappa shape index (κ3) is 5.55. The number of nitrogens with zero attached hydrogens (tertiary/aromatic N) is 3. The van der Waals surface area contributed by atoms with Gasteiger partial charge >= 0.3 is 5.97 Å². The van der Waals surface area contributed by atoms with Gasteiger partial charge in [0.05, 0.1) is 17.6 Å². The van der Waals surface area contributed by atoms with Crippen molar-refractivity contribution in [2.75, 3.05) is 12.4 Å². The number of anilines is 1. The highest BCUT2D eigenvalue weighted by Gasteiger charge is 2.27. The highest BCUT2D eigenvalue weighted by atomic mass is 16.6. The fourth-order valence-electron chi connectivity index (χ4n) is 4.04. The molecule has 9 nitrogen and oxygen atoms in total. The number of esters is 1. The van der Waals surface area contributed by atoms with E-state index in [4.69, 9.17) is 4.74 Å². The van der Waals surface area contributed by atoms with Crippen LogP contribution < -0.4 is 5.32 Å². The number of nitriles is 1. The Kier molecular flexibility index (Phi) is 8.00. The molecule has 3 aromatic rings. The molecule has 1 atom stereocenters. The number of nitro groups is 1. The van der Waals surface area contributed by atoms with Crippen molar-refractivity contribution < 1.29 is 19.2 Å². The van der Waals surface area contributed by atoms with Crippen LogP contribution in [-0.2, 0) is 16.0 Å². The third-order valence-corrected chi connectivity index (χ3v) is 5.77. The maximum absolute atomic E-state index is 13.2. The molecule has 0 saturated heterocycles. The number of hydrogen-bond donors (Lipinski definition) is 1. The number of methoxy groups -OCH3 is 1. The van der Waals surface area contributed by atoms with E-state index in [1.165, 1.54) is 25.3 Å². The molecule has 0 spiro atoms. The summed E-state index contributed by atoms with van der Waals surface area (Å²) < 4.78 is 6.58. The van der Waals surface area contributed by atoms with Crippen LogP contribution in [0.4, 0.5) is 11.4 Å². The van der Waals surface area contributed by atoms with Crippen molar-refractivity contribution in [3.05, 3.63) is 87.2 Å². The molecule has 1 heterocycles. The van der Waals surface area contributed by atoms with E-state index < -0.39 is 22.7 Å². The molecule has 2 aromatic carbocycles. The fourth-order valence-corrected chi connectivity index (χ4v) is 4.04. The van der Waals surface area contributed by atoms with Crippen LogP contribution in [0.5, 0.6) is 0 Å². The molecule has 0 aliphatic carbocycles. The lowest BCUT2D eigenvalue weighted by molar-refractivity contribution is -0.384. The van der Waals surface area contributed by atoms with Gasteiger partial charge in [-0.3, -0.25) is 14.9 Å². The van der Waals surface area contributed by atoms with Gasteiger partial charge in [0.15, 0.2) is 0 Å². The van der Waals surface area contributed by atoms with Gasteiger partial charge in [-0.05, 0) is 55.7 Å². The van der Waals surface area contributed by atoms with E-state index in [1.807, 2.05) is 48.7 Å². The zero-order valence-corrected chi connectivity index (χ0v) is 19.8. The second-order valence-corrected chi connectivity index (χ2v) is 8.10. The number of ether oxygens (including phenoxy) is 1. The first kappa shape index (κ1) is 25.2. The molecule has 0 aliphatic rings. The second-order valence-electron chi connectivity index (χ2n) is 8.10. The Balaban J connectivity index is 1.86. The molecular weight excluding hydrogens is 448 g/mol. The van der Waals surface area contributed by atoms with E-state index in [1.54, 1.807) is 6.07 Å². The summed E-state index contributed by atoms with van der Waals surface area (Å²) in [4.78, 5) is 36.2. The summed E-state index contributed by atoms with van der Waals surface area (Å²) in [5.41, 5.74) is 2.58. The first-order valence-corrected chi connectivity index (χ1v) is 11.1. The zero-order chi connectivity index (χ0) is 25.5. The minimum Gasteiger partial charge on any atom is -0.465 e. The molecule has 1 amide bonds. The summed E-state index contributed by atoms with van der Waals surface area (Å²) in [6, 6.07) is 17.4. The highest BCUT2D eigenvalue weighted by Crippen LogP contribution is 2.30. The molecule has 0 fully saturated rings. The number of benzene rings is 2. The van der Waals surface area contributed by atoms with Crippen LogP contribution in [0, 0.1) is 34.3 Å². The van der Waals surface area contributed by atoms with Crippen molar-refractivity contribution in [3.63, 3.8) is 0 Å². The Morgan fingerprint density at radius 2 is 1.89 bits per heavy atom. The number of nitrogens with one attached hydrogen (secondary N) is 1. The van der Waals surface area contributed by atoms with Gasteiger partial charge in [0.2, 0.25) is 5.91 Å². The van der Waals surface area contributed by atoms with Gasteiger partial charge in [0, 0.05) is 23.4 Å². The lowest BCUT2D eigenvalue weighted by Gasteiger charge is -2.18. The van der Waals surface area contributed by atoms with Crippen molar-refractivity contribution in [2.24, 2.45) is 5.92 Å². The average molecular weight is 475 g/mol. The van der Waals surface area contributed by atoms with E-state index in [0.29, 0.717) is 18.5 Å². The minimum absolute atomic E-state index is 0.0787. The predicted molar refractivity (Wildman–Crippen MR) is 130 cm³/mol. The van der Waals surface area contributed by atoms with Crippen LogP contribution in [-0.4, -0.2) is 28.5 Å². The molecule has 1 unspecified atom stereocenters. The molecule has 0 bridgehead atoms. The number of hydrogen-bond acceptors (Lipinski definition) is 6. The summed E-state index contributed by atoms with van der Waals surface area (Å²) in [7, 11) is 1.17. The first-order valence-electron chi connectivity index (χ1n) is 11.1. The van der Waals surface area contributed by atoms with E-state index in [0.717, 1.165) is 23.4 Å². The van der Waals surface area contributed by atoms with Crippen LogP contribution in [0.2, 0.25) is 0 Å². The van der Waals surface area contributed by atoms with Gasteiger partial charge < -0.3 is 14.6 Å². The van der Waals surface area contributed by atoms with Crippen molar-refractivity contribution >= 4 is 23.3 Å². The van der Waals surface area contributed by atoms with Crippen molar-refractivity contribution in [3.8, 4) is 11.8 Å². The number of rotatable bonds is 9. The van der Waals surface area contributed by atoms with Gasteiger partial charge in [-0.15, -0.1) is 0 Å². The Bertz CT molecular complexity index is 1290. The quantitative estimate of drug-likeness (QED) is 0.266. The minimum atomic E-state index is -0.774. The first-order chi connectivity index (χ1) is 16.8. The number of carbonyl (C=O) groups is 2. The van der Waals surface area contributed by atoms with Gasteiger partial charge in [-0.2, -0.15) is 5.26 Å². The molecule has 0 radical (unpaired) electrons. The molecule has 35 heavy (non-hydrogen) atoms. The van der Waals surface area contributed by atoms with Gasteiger partial charge in [-0.1, -0.05) is 31.5 Å². The number of carbonyl (C=O) groups excluding carboxylic acids is 2. The van der Waals surface area contributed by atoms with Gasteiger partial charge in [0.1, 0.15) is 17.5 Å². The van der Waals surface area contributed by atoms with Crippen LogP contribution >= 0.6 is 0 Å². The molecule has 9 heteroatoms. The van der Waals surface area contributed by atoms with E-state index in [-0.39, 0.29) is 16.9 Å². The van der Waals surface area contributed by atoms with E-state index >= 15 is 0 Å². The summed E-state index contributed by atoms with van der Waals surface area (Å²) in [5, 5.41) is 23.5. The molecule has 1 aromatic heterocycles. The van der Waals surface area contributed by atoms with E-state index in [9.17, 15) is 25.0 Å². The number of aromatic nitrogens is 1. The topological polar surface area (TPSA) is 127 Å². The molecular formula is C26H26N4O5. The lowest BCUT2D eigenvalue weighted by Crippen LogP contribution is -2.26. The van der Waals surface area contributed by atoms with Crippen molar-refractivity contribution in [2.45, 2.75) is 33.1 Å². The Hall–Kier alpha value is -4.45. The summed E-state index contributed by atoms with van der Waals surface area (Å²) in [6.07, 6.45) is 1.69. The van der Waals surface area contributed by atoms with Crippen LogP contribution in [0.25, 0.3) is 5.69 Å². The Morgan fingerprint density at radius 1 is 1.17 bits per heavy atom. The van der Waals surface area contributed by atoms with Crippen LogP contribution in [0.3, 0.4) is 0 Å². The summed E-state index contributed by atoms with van der Waals surface area (Å²) in [6.45, 7) is 3.87. The third-order valence-electron chi connectivity index (χ3n) is 5.77. The van der Waals surface area contributed by atoms with Crippen LogP contribution in [0.15, 0.2) is 54.6 Å². The molecule has 1 N–H and O–H groups in total. The largest absolute Gasteiger partial charge is 0.465 e. The maximum atomic E-state index is 13.2. The van der Waals surface area contributed by atoms with Crippen molar-refractivity contribution in [1.29, 1.82) is 5.26 Å². The second kappa shape index (κ2) is 11.1. The van der Waals surface area contributed by atoms with Crippen molar-refractivity contribution in [1.82, 2.24) is 4.57 Å². The Morgan fingerprint density at radius 3 is 2.49 bits per heavy atom. The van der Waals surface area contributed by atoms with E-state index in [2.05, 4.69) is 11.4 Å². The highest BCUT2D eigenvalue weighted by molar-refractivity contribution is 6.04. The molecule has 3 rings (SSSR count). The predicted octanol–water partition coefficient (Wildman–Crippen LogP) is 4.95. The Labute approximate surface area is 203 Å². The smallest absolute Gasteiger partial charge is 0.340 e. The SMILES string of the molecule is CCCC(Cc1ccc(-n2c(C)ccc2C#N)cc1)C(=O)Nc1c(C(=O)OC)cccc1[N+](=O)[O-]. The number of amides is 1. The fraction of sp³-hybridized carbons (Fsp3) is 0.269.